The van der Waals surface area contributed by atoms with Crippen LogP contribution in [0.5, 0.6) is 34.5 Å². The van der Waals surface area contributed by atoms with Crippen molar-refractivity contribution in [2.24, 2.45) is 0 Å². The van der Waals surface area contributed by atoms with Crippen LogP contribution in [0.15, 0.2) is 134 Å². The number of unbranched alkanes of at least 4 members (excludes halogenated alkanes) is 9. The van der Waals surface area contributed by atoms with Crippen LogP contribution in [0.2, 0.25) is 0 Å². The Morgan fingerprint density at radius 2 is 0.878 bits per heavy atom. The summed E-state index contributed by atoms with van der Waals surface area (Å²) in [5.74, 6) is -0.0528. The molecule has 0 aliphatic heterocycles. The molecule has 6 aromatic rings. The van der Waals surface area contributed by atoms with Crippen molar-refractivity contribution in [2.45, 2.75) is 124 Å². The van der Waals surface area contributed by atoms with E-state index in [-0.39, 0.29) is 17.5 Å². The molecule has 434 valence electrons. The molecule has 0 spiro atoms. The highest BCUT2D eigenvalue weighted by molar-refractivity contribution is 5.98. The Labute approximate surface area is 480 Å². The van der Waals surface area contributed by atoms with Gasteiger partial charge in [0.15, 0.2) is 11.5 Å². The lowest BCUT2D eigenvalue weighted by molar-refractivity contribution is -0.144. The summed E-state index contributed by atoms with van der Waals surface area (Å²) in [6.45, 7) is 15.1. The maximum absolute atomic E-state index is 13.6. The molecule has 0 radical (unpaired) electrons. The Hall–Kier alpha value is -8.46. The second-order valence-corrected chi connectivity index (χ2v) is 19.8. The topological polar surface area (TPSA) is 185 Å². The van der Waals surface area contributed by atoms with Crippen LogP contribution < -0.4 is 28.4 Å². The summed E-state index contributed by atoms with van der Waals surface area (Å²) >= 11 is 0. The third-order valence-corrected chi connectivity index (χ3v) is 13.1. The number of fused-ring (bicyclic) bond motifs is 2. The lowest BCUT2D eigenvalue weighted by atomic mass is 10.1. The SMILES string of the molecule is C=CC(=O)OCCCCCCOc1cc(C(=O)Oc2ccc3cc(C(=O)Oc4ccc(OC(=O)c5ccc6cc(OCCCCCCOC(=O)C(=C)C)ccc6c5)cc4CCC)ccc3c2)ccc1OCCCCCCOC(=O)CCC. The van der Waals surface area contributed by atoms with E-state index in [1.165, 1.54) is 0 Å². The fourth-order valence-corrected chi connectivity index (χ4v) is 8.61. The summed E-state index contributed by atoms with van der Waals surface area (Å²) in [5.41, 5.74) is 2.05. The van der Waals surface area contributed by atoms with Gasteiger partial charge >= 0.3 is 35.8 Å². The normalized spacial score (nSPS) is 10.9. The zero-order valence-corrected chi connectivity index (χ0v) is 47.6. The van der Waals surface area contributed by atoms with Crippen molar-refractivity contribution >= 4 is 57.4 Å². The standard InChI is InChI=1S/C67H76O15/c1-6-21-52-45-58(81-65(71)53-25-23-50-43-56(30-27-48(50)41-53)74-35-15-9-14-20-40-79-64(70)47(4)5)32-34-59(52)82-67(73)54-26-24-51-44-57(31-28-49(51)42-54)80-66(72)55-29-33-60(75-36-16-10-13-19-39-78-63(69)22-7-2)61(46-55)76-37-17-11-12-18-38-77-62(68)8-3/h8,23-34,41-46H,3-4,6-7,9-22,35-40H2,1-2,5H3. The summed E-state index contributed by atoms with van der Waals surface area (Å²) in [6.07, 6.45) is 13.6. The Morgan fingerprint density at radius 1 is 0.427 bits per heavy atom. The molecule has 6 rings (SSSR count). The van der Waals surface area contributed by atoms with Crippen LogP contribution in [0.25, 0.3) is 21.5 Å². The Morgan fingerprint density at radius 3 is 1.46 bits per heavy atom. The second-order valence-electron chi connectivity index (χ2n) is 19.8. The van der Waals surface area contributed by atoms with E-state index < -0.39 is 23.9 Å². The van der Waals surface area contributed by atoms with Gasteiger partial charge in [0.05, 0.1) is 56.3 Å². The van der Waals surface area contributed by atoms with E-state index in [4.69, 9.17) is 42.6 Å². The summed E-state index contributed by atoms with van der Waals surface area (Å²) in [4.78, 5) is 75.1. The Bertz CT molecular complexity index is 3140. The predicted octanol–water partition coefficient (Wildman–Crippen LogP) is 14.6. The van der Waals surface area contributed by atoms with Crippen LogP contribution in [0, 0.1) is 0 Å². The fourth-order valence-electron chi connectivity index (χ4n) is 8.61. The van der Waals surface area contributed by atoms with Crippen molar-refractivity contribution in [2.75, 3.05) is 39.6 Å². The number of esters is 6. The molecular weight excluding hydrogens is 1040 g/mol. The minimum atomic E-state index is -0.596. The highest BCUT2D eigenvalue weighted by atomic mass is 16.6. The molecule has 0 aliphatic carbocycles. The molecule has 82 heavy (non-hydrogen) atoms. The maximum Gasteiger partial charge on any atom is 0.343 e. The number of benzene rings is 6. The quantitative estimate of drug-likeness (QED) is 0.0119. The molecule has 0 atom stereocenters. The van der Waals surface area contributed by atoms with Gasteiger partial charge in [0.25, 0.3) is 0 Å². The van der Waals surface area contributed by atoms with Gasteiger partial charge in [0.2, 0.25) is 0 Å². The number of hydrogen-bond donors (Lipinski definition) is 0. The zero-order valence-electron chi connectivity index (χ0n) is 47.6. The zero-order chi connectivity index (χ0) is 58.5. The van der Waals surface area contributed by atoms with E-state index in [0.29, 0.717) is 103 Å². The summed E-state index contributed by atoms with van der Waals surface area (Å²) < 4.78 is 51.3. The van der Waals surface area contributed by atoms with Gasteiger partial charge in [-0.05, 0) is 209 Å². The lowest BCUT2D eigenvalue weighted by Gasteiger charge is -2.14. The predicted molar refractivity (Wildman–Crippen MR) is 314 cm³/mol. The van der Waals surface area contributed by atoms with E-state index >= 15 is 0 Å². The van der Waals surface area contributed by atoms with Crippen molar-refractivity contribution in [3.8, 4) is 34.5 Å². The number of ether oxygens (including phenoxy) is 9. The van der Waals surface area contributed by atoms with Crippen molar-refractivity contribution in [3.05, 3.63) is 156 Å². The minimum Gasteiger partial charge on any atom is -0.494 e. The van der Waals surface area contributed by atoms with Crippen molar-refractivity contribution in [3.63, 3.8) is 0 Å². The van der Waals surface area contributed by atoms with Gasteiger partial charge in [-0.25, -0.2) is 24.0 Å². The van der Waals surface area contributed by atoms with Crippen molar-refractivity contribution in [1.29, 1.82) is 0 Å². The molecule has 0 saturated heterocycles. The van der Waals surface area contributed by atoms with E-state index in [1.807, 2.05) is 38.1 Å². The Kier molecular flexibility index (Phi) is 26.0. The van der Waals surface area contributed by atoms with Crippen LogP contribution in [0.4, 0.5) is 0 Å². The largest absolute Gasteiger partial charge is 0.494 e. The third kappa shape index (κ3) is 20.9. The summed E-state index contributed by atoms with van der Waals surface area (Å²) in [5, 5.41) is 3.21. The van der Waals surface area contributed by atoms with Crippen LogP contribution in [-0.2, 0) is 35.0 Å². The first-order chi connectivity index (χ1) is 39.8. The molecule has 0 amide bonds. The number of hydrogen-bond acceptors (Lipinski definition) is 15. The smallest absolute Gasteiger partial charge is 0.343 e. The van der Waals surface area contributed by atoms with E-state index in [9.17, 15) is 28.8 Å². The molecule has 6 aromatic carbocycles. The van der Waals surface area contributed by atoms with Crippen LogP contribution in [0.3, 0.4) is 0 Å². The number of carbonyl (C=O) groups is 6. The first-order valence-corrected chi connectivity index (χ1v) is 28.5. The van der Waals surface area contributed by atoms with Gasteiger partial charge in [-0.2, -0.15) is 0 Å². The summed E-state index contributed by atoms with van der Waals surface area (Å²) in [6, 6.07) is 31.2. The lowest BCUT2D eigenvalue weighted by Crippen LogP contribution is -2.11. The molecule has 0 N–H and O–H groups in total. The minimum absolute atomic E-state index is 0.167. The van der Waals surface area contributed by atoms with Crippen LogP contribution in [-0.4, -0.2) is 75.5 Å². The van der Waals surface area contributed by atoms with E-state index in [2.05, 4.69) is 13.2 Å². The van der Waals surface area contributed by atoms with Gasteiger partial charge in [0.1, 0.15) is 23.0 Å². The molecule has 0 fully saturated rings. The van der Waals surface area contributed by atoms with Crippen molar-refractivity contribution in [1.82, 2.24) is 0 Å². The van der Waals surface area contributed by atoms with Crippen LogP contribution in [0.1, 0.15) is 154 Å². The highest BCUT2D eigenvalue weighted by Crippen LogP contribution is 2.32. The average molecular weight is 1120 g/mol. The molecule has 15 heteroatoms. The molecule has 15 nitrogen and oxygen atoms in total. The van der Waals surface area contributed by atoms with Gasteiger partial charge in [-0.15, -0.1) is 0 Å². The van der Waals surface area contributed by atoms with E-state index in [1.54, 1.807) is 91.9 Å². The van der Waals surface area contributed by atoms with Crippen molar-refractivity contribution < 1.29 is 71.4 Å². The van der Waals surface area contributed by atoms with Gasteiger partial charge in [0, 0.05) is 18.1 Å². The van der Waals surface area contributed by atoms with Gasteiger partial charge in [-0.3, -0.25) is 4.79 Å². The van der Waals surface area contributed by atoms with Crippen LogP contribution >= 0.6 is 0 Å². The number of carbonyl (C=O) groups excluding carboxylic acids is 6. The van der Waals surface area contributed by atoms with E-state index in [0.717, 1.165) is 123 Å². The molecule has 0 aliphatic rings. The highest BCUT2D eigenvalue weighted by Gasteiger charge is 2.18. The molecule has 0 unspecified atom stereocenters. The first kappa shape index (κ1) is 62.7. The number of rotatable bonds is 36. The summed E-state index contributed by atoms with van der Waals surface area (Å²) in [7, 11) is 0. The molecule has 0 heterocycles. The first-order valence-electron chi connectivity index (χ1n) is 28.5. The maximum atomic E-state index is 13.6. The molecule has 0 saturated carbocycles. The number of aryl methyl sites for hydroxylation is 1. The fraction of sp³-hybridized carbons (Fsp3) is 0.373. The van der Waals surface area contributed by atoms with Gasteiger partial charge in [-0.1, -0.05) is 57.7 Å². The molecule has 0 aromatic heterocycles. The van der Waals surface area contributed by atoms with Gasteiger partial charge < -0.3 is 42.6 Å². The molecular formula is C67H76O15. The molecule has 0 bridgehead atoms. The Balaban J connectivity index is 1.01. The average Bonchev–Trinajstić information content (AvgIpc) is 3.67. The monoisotopic (exact) mass is 1120 g/mol. The second kappa shape index (κ2) is 34.0. The third-order valence-electron chi connectivity index (χ3n) is 13.1.